The van der Waals surface area contributed by atoms with Crippen molar-refractivity contribution >= 4 is 29.6 Å². The Labute approximate surface area is 105 Å². The van der Waals surface area contributed by atoms with Crippen LogP contribution in [0, 0.1) is 0 Å². The first-order valence-corrected chi connectivity index (χ1v) is 8.29. The average molecular weight is 281 g/mol. The standard InChI is InChI=1S/C11H14.Cl2O2S/c1-2-6-10(7-3-1)11-8-4-5-9-11;1-5(2,3)4/h1-3,6-7,11H,4-5,8-9H2;. The van der Waals surface area contributed by atoms with E-state index in [1.807, 2.05) is 0 Å². The lowest BCUT2D eigenvalue weighted by atomic mass is 9.98. The summed E-state index contributed by atoms with van der Waals surface area (Å²) in [4.78, 5) is 0. The van der Waals surface area contributed by atoms with Crippen molar-refractivity contribution in [1.29, 1.82) is 0 Å². The zero-order valence-corrected chi connectivity index (χ0v) is 11.1. The van der Waals surface area contributed by atoms with Gasteiger partial charge < -0.3 is 0 Å². The summed E-state index contributed by atoms with van der Waals surface area (Å²) in [7, 11) is 4.81. The van der Waals surface area contributed by atoms with E-state index in [2.05, 4.69) is 51.7 Å². The zero-order valence-electron chi connectivity index (χ0n) is 8.77. The summed E-state index contributed by atoms with van der Waals surface area (Å²) in [6.45, 7) is 0. The smallest absolute Gasteiger partial charge is 0.195 e. The molecule has 0 radical (unpaired) electrons. The topological polar surface area (TPSA) is 34.1 Å². The van der Waals surface area contributed by atoms with Gasteiger partial charge in [0.15, 0.2) is 0 Å². The Kier molecular flexibility index (Phi) is 5.59. The van der Waals surface area contributed by atoms with Gasteiger partial charge in [0.1, 0.15) is 0 Å². The minimum absolute atomic E-state index is 0.871. The molecule has 1 aliphatic carbocycles. The molecule has 0 N–H and O–H groups in total. The molecule has 0 saturated heterocycles. The molecule has 0 aliphatic heterocycles. The van der Waals surface area contributed by atoms with Crippen molar-refractivity contribution in [2.45, 2.75) is 31.6 Å². The van der Waals surface area contributed by atoms with E-state index in [0.717, 1.165) is 5.92 Å². The molecule has 5 heteroatoms. The number of halogens is 2. The molecule has 1 saturated carbocycles. The third-order valence-electron chi connectivity index (χ3n) is 2.63. The minimum Gasteiger partial charge on any atom is -0.195 e. The van der Waals surface area contributed by atoms with Crippen molar-refractivity contribution < 1.29 is 8.42 Å². The van der Waals surface area contributed by atoms with Crippen molar-refractivity contribution in [3.8, 4) is 0 Å². The largest absolute Gasteiger partial charge is 0.317 e. The Morgan fingerprint density at radius 1 is 1.00 bits per heavy atom. The lowest BCUT2D eigenvalue weighted by Gasteiger charge is -2.07. The Bertz CT molecular complexity index is 389. The van der Waals surface area contributed by atoms with Gasteiger partial charge in [0.25, 0.3) is 0 Å². The molecule has 0 amide bonds. The van der Waals surface area contributed by atoms with Gasteiger partial charge in [-0.25, -0.2) is 0 Å². The molecule has 0 spiro atoms. The van der Waals surface area contributed by atoms with Crippen molar-refractivity contribution in [1.82, 2.24) is 0 Å². The molecule has 1 fully saturated rings. The van der Waals surface area contributed by atoms with Gasteiger partial charge >= 0.3 is 8.26 Å². The molecule has 0 atom stereocenters. The molecular weight excluding hydrogens is 267 g/mol. The van der Waals surface area contributed by atoms with E-state index >= 15 is 0 Å². The second-order valence-electron chi connectivity index (χ2n) is 3.77. The molecule has 0 bridgehead atoms. The lowest BCUT2D eigenvalue weighted by molar-refractivity contribution is 0.621. The van der Waals surface area contributed by atoms with Crippen LogP contribution in [0.5, 0.6) is 0 Å². The van der Waals surface area contributed by atoms with E-state index in [4.69, 9.17) is 8.42 Å². The van der Waals surface area contributed by atoms with E-state index in [0.29, 0.717) is 0 Å². The van der Waals surface area contributed by atoms with Crippen LogP contribution in [0.1, 0.15) is 37.2 Å². The van der Waals surface area contributed by atoms with E-state index in [1.54, 1.807) is 5.56 Å². The van der Waals surface area contributed by atoms with Crippen LogP contribution >= 0.6 is 21.4 Å². The van der Waals surface area contributed by atoms with Gasteiger partial charge in [-0.15, -0.1) is 0 Å². The third-order valence-corrected chi connectivity index (χ3v) is 2.63. The molecule has 1 aromatic rings. The van der Waals surface area contributed by atoms with Gasteiger partial charge in [-0.3, -0.25) is 0 Å². The van der Waals surface area contributed by atoms with E-state index < -0.39 is 8.26 Å². The quantitative estimate of drug-likeness (QED) is 0.728. The van der Waals surface area contributed by atoms with Crippen molar-refractivity contribution in [3.05, 3.63) is 35.9 Å². The van der Waals surface area contributed by atoms with Gasteiger partial charge in [-0.1, -0.05) is 43.2 Å². The summed E-state index contributed by atoms with van der Waals surface area (Å²) < 4.78 is 18.3. The van der Waals surface area contributed by atoms with Crippen LogP contribution in [-0.4, -0.2) is 8.42 Å². The molecule has 2 nitrogen and oxygen atoms in total. The number of hydrogen-bond acceptors (Lipinski definition) is 2. The fraction of sp³-hybridized carbons (Fsp3) is 0.455. The number of hydrogen-bond donors (Lipinski definition) is 0. The molecular formula is C11H14Cl2O2S. The third kappa shape index (κ3) is 6.36. The first kappa shape index (κ1) is 13.8. The normalized spacial score (nSPS) is 16.6. The number of benzene rings is 1. The highest BCUT2D eigenvalue weighted by molar-refractivity contribution is 8.31. The molecule has 1 aromatic carbocycles. The Morgan fingerprint density at radius 3 is 1.88 bits per heavy atom. The van der Waals surface area contributed by atoms with Gasteiger partial charge in [0, 0.05) is 21.4 Å². The van der Waals surface area contributed by atoms with Crippen molar-refractivity contribution in [3.63, 3.8) is 0 Å². The van der Waals surface area contributed by atoms with Crippen LogP contribution in [0.25, 0.3) is 0 Å². The lowest BCUT2D eigenvalue weighted by Crippen LogP contribution is -1.89. The predicted molar refractivity (Wildman–Crippen MR) is 68.3 cm³/mol. The Morgan fingerprint density at radius 2 is 1.44 bits per heavy atom. The highest BCUT2D eigenvalue weighted by Crippen LogP contribution is 2.33. The summed E-state index contributed by atoms with van der Waals surface area (Å²) in [6.07, 6.45) is 5.67. The Balaban J connectivity index is 0.000000221. The van der Waals surface area contributed by atoms with Crippen LogP contribution in [0.2, 0.25) is 0 Å². The van der Waals surface area contributed by atoms with Crippen LogP contribution in [0.15, 0.2) is 30.3 Å². The zero-order chi connectivity index (χ0) is 12.0. The highest BCUT2D eigenvalue weighted by Gasteiger charge is 2.15. The molecule has 0 heterocycles. The van der Waals surface area contributed by atoms with Gasteiger partial charge in [-0.2, -0.15) is 8.42 Å². The maximum Gasteiger partial charge on any atom is 0.317 e. The van der Waals surface area contributed by atoms with Crippen molar-refractivity contribution in [2.75, 3.05) is 0 Å². The fourth-order valence-corrected chi connectivity index (χ4v) is 1.98. The predicted octanol–water partition coefficient (Wildman–Crippen LogP) is 4.05. The van der Waals surface area contributed by atoms with E-state index in [-0.39, 0.29) is 0 Å². The molecule has 2 rings (SSSR count). The molecule has 16 heavy (non-hydrogen) atoms. The summed E-state index contributed by atoms with van der Waals surface area (Å²) in [6, 6.07) is 10.9. The molecule has 1 aliphatic rings. The maximum absolute atomic E-state index is 9.16. The first-order chi connectivity index (χ1) is 7.47. The van der Waals surface area contributed by atoms with Gasteiger partial charge in [0.2, 0.25) is 0 Å². The first-order valence-electron chi connectivity index (χ1n) is 5.16. The average Bonchev–Trinajstić information content (AvgIpc) is 2.69. The molecule has 0 unspecified atom stereocenters. The maximum atomic E-state index is 9.16. The van der Waals surface area contributed by atoms with Gasteiger partial charge in [0.05, 0.1) is 0 Å². The fourth-order valence-electron chi connectivity index (χ4n) is 1.98. The summed E-state index contributed by atoms with van der Waals surface area (Å²) in [5.74, 6) is 0.871. The van der Waals surface area contributed by atoms with Crippen LogP contribution < -0.4 is 0 Å². The van der Waals surface area contributed by atoms with Crippen LogP contribution in [0.3, 0.4) is 0 Å². The second-order valence-corrected chi connectivity index (χ2v) is 7.44. The molecule has 0 aromatic heterocycles. The van der Waals surface area contributed by atoms with E-state index in [9.17, 15) is 0 Å². The summed E-state index contributed by atoms with van der Waals surface area (Å²) in [5, 5.41) is 0. The second kappa shape index (κ2) is 6.48. The number of rotatable bonds is 1. The van der Waals surface area contributed by atoms with Crippen LogP contribution in [-0.2, 0) is 8.26 Å². The Hall–Kier alpha value is -0.250. The minimum atomic E-state index is -3.72. The van der Waals surface area contributed by atoms with Gasteiger partial charge in [-0.05, 0) is 24.3 Å². The summed E-state index contributed by atoms with van der Waals surface area (Å²) >= 11 is 0. The van der Waals surface area contributed by atoms with Crippen LogP contribution in [0.4, 0.5) is 0 Å². The monoisotopic (exact) mass is 280 g/mol. The van der Waals surface area contributed by atoms with E-state index in [1.165, 1.54) is 25.7 Å². The van der Waals surface area contributed by atoms with Crippen molar-refractivity contribution in [2.24, 2.45) is 0 Å². The molecule has 90 valence electrons. The SMILES string of the molecule is O=S(=O)(Cl)Cl.c1ccc(C2CCCC2)cc1. The summed E-state index contributed by atoms with van der Waals surface area (Å²) in [5.41, 5.74) is 1.55. The highest BCUT2D eigenvalue weighted by atomic mass is 36.0.